The SMILES string of the molecule is COC1(C)CCCN(C(=O)c2ccc(C)cc2F)C1. The highest BCUT2D eigenvalue weighted by atomic mass is 19.1. The summed E-state index contributed by atoms with van der Waals surface area (Å²) in [4.78, 5) is 14.0. The number of amides is 1. The molecule has 1 aromatic carbocycles. The van der Waals surface area contributed by atoms with Gasteiger partial charge in [-0.2, -0.15) is 0 Å². The molecule has 1 aromatic rings. The van der Waals surface area contributed by atoms with Crippen molar-refractivity contribution >= 4 is 5.91 Å². The van der Waals surface area contributed by atoms with Gasteiger partial charge in [0.05, 0.1) is 11.2 Å². The zero-order chi connectivity index (χ0) is 14.0. The average Bonchev–Trinajstić information content (AvgIpc) is 2.38. The van der Waals surface area contributed by atoms with Crippen molar-refractivity contribution in [2.45, 2.75) is 32.3 Å². The third-order valence-corrected chi connectivity index (χ3v) is 3.79. The molecule has 19 heavy (non-hydrogen) atoms. The lowest BCUT2D eigenvalue weighted by Crippen LogP contribution is -2.49. The Morgan fingerprint density at radius 3 is 2.84 bits per heavy atom. The Morgan fingerprint density at radius 1 is 1.47 bits per heavy atom. The molecule has 0 N–H and O–H groups in total. The molecule has 1 unspecified atom stereocenters. The summed E-state index contributed by atoms with van der Waals surface area (Å²) in [6, 6.07) is 4.72. The lowest BCUT2D eigenvalue weighted by molar-refractivity contribution is -0.0441. The Morgan fingerprint density at radius 2 is 2.21 bits per heavy atom. The minimum Gasteiger partial charge on any atom is -0.377 e. The normalized spacial score (nSPS) is 23.5. The quantitative estimate of drug-likeness (QED) is 0.823. The first-order valence-electron chi connectivity index (χ1n) is 6.56. The first kappa shape index (κ1) is 14.0. The van der Waals surface area contributed by atoms with E-state index in [4.69, 9.17) is 4.74 Å². The van der Waals surface area contributed by atoms with Gasteiger partial charge in [0.25, 0.3) is 5.91 Å². The van der Waals surface area contributed by atoms with E-state index in [1.54, 1.807) is 31.1 Å². The Labute approximate surface area is 113 Å². The monoisotopic (exact) mass is 265 g/mol. The molecule has 1 aliphatic heterocycles. The second-order valence-corrected chi connectivity index (χ2v) is 5.47. The predicted molar refractivity (Wildman–Crippen MR) is 71.7 cm³/mol. The van der Waals surface area contributed by atoms with E-state index in [0.717, 1.165) is 18.4 Å². The van der Waals surface area contributed by atoms with Crippen molar-refractivity contribution in [2.75, 3.05) is 20.2 Å². The van der Waals surface area contributed by atoms with Gasteiger partial charge in [-0.25, -0.2) is 4.39 Å². The van der Waals surface area contributed by atoms with E-state index in [1.165, 1.54) is 6.07 Å². The molecule has 0 bridgehead atoms. The second kappa shape index (κ2) is 5.29. The molecule has 0 spiro atoms. The number of benzene rings is 1. The molecular formula is C15H20FNO2. The Kier molecular flexibility index (Phi) is 3.90. The molecule has 1 aliphatic rings. The standard InChI is InChI=1S/C15H20FNO2/c1-11-5-6-12(13(16)9-11)14(18)17-8-4-7-15(2,10-17)19-3/h5-6,9H,4,7-8,10H2,1-3H3. The van der Waals surface area contributed by atoms with Crippen LogP contribution in [0.3, 0.4) is 0 Å². The maximum absolute atomic E-state index is 13.9. The van der Waals surface area contributed by atoms with E-state index >= 15 is 0 Å². The minimum atomic E-state index is -0.449. The number of carbonyl (C=O) groups is 1. The van der Waals surface area contributed by atoms with Crippen LogP contribution in [0.15, 0.2) is 18.2 Å². The number of hydrogen-bond acceptors (Lipinski definition) is 2. The van der Waals surface area contributed by atoms with Crippen molar-refractivity contribution in [1.29, 1.82) is 0 Å². The van der Waals surface area contributed by atoms with Crippen LogP contribution >= 0.6 is 0 Å². The first-order chi connectivity index (χ1) is 8.95. The van der Waals surface area contributed by atoms with Crippen LogP contribution in [0, 0.1) is 12.7 Å². The molecule has 0 radical (unpaired) electrons. The summed E-state index contributed by atoms with van der Waals surface area (Å²) in [5, 5.41) is 0. The maximum atomic E-state index is 13.9. The molecule has 1 fully saturated rings. The van der Waals surface area contributed by atoms with Crippen molar-refractivity contribution in [2.24, 2.45) is 0 Å². The van der Waals surface area contributed by atoms with Gasteiger partial charge in [-0.15, -0.1) is 0 Å². The van der Waals surface area contributed by atoms with Gasteiger partial charge in [-0.05, 0) is 44.4 Å². The van der Waals surface area contributed by atoms with E-state index in [1.807, 2.05) is 6.92 Å². The number of rotatable bonds is 2. The first-order valence-corrected chi connectivity index (χ1v) is 6.56. The summed E-state index contributed by atoms with van der Waals surface area (Å²) in [6.45, 7) is 4.96. The highest BCUT2D eigenvalue weighted by molar-refractivity contribution is 5.94. The molecular weight excluding hydrogens is 245 g/mol. The van der Waals surface area contributed by atoms with E-state index in [0.29, 0.717) is 13.1 Å². The average molecular weight is 265 g/mol. The van der Waals surface area contributed by atoms with Gasteiger partial charge in [0.1, 0.15) is 5.82 Å². The van der Waals surface area contributed by atoms with Gasteiger partial charge in [0.15, 0.2) is 0 Å². The molecule has 4 heteroatoms. The van der Waals surface area contributed by atoms with Crippen LogP contribution < -0.4 is 0 Å². The number of carbonyl (C=O) groups excluding carboxylic acids is 1. The third-order valence-electron chi connectivity index (χ3n) is 3.79. The zero-order valence-corrected chi connectivity index (χ0v) is 11.7. The molecule has 1 atom stereocenters. The number of likely N-dealkylation sites (tertiary alicyclic amines) is 1. The van der Waals surface area contributed by atoms with Crippen molar-refractivity contribution in [3.63, 3.8) is 0 Å². The highest BCUT2D eigenvalue weighted by Crippen LogP contribution is 2.25. The third kappa shape index (κ3) is 2.95. The largest absolute Gasteiger partial charge is 0.377 e. The highest BCUT2D eigenvalue weighted by Gasteiger charge is 2.33. The Bertz CT molecular complexity index is 489. The number of ether oxygens (including phenoxy) is 1. The van der Waals surface area contributed by atoms with Crippen LogP contribution in [0.25, 0.3) is 0 Å². The number of methoxy groups -OCH3 is 1. The lowest BCUT2D eigenvalue weighted by atomic mass is 9.94. The number of hydrogen-bond donors (Lipinski definition) is 0. The van der Waals surface area contributed by atoms with Gasteiger partial charge in [-0.3, -0.25) is 4.79 Å². The zero-order valence-electron chi connectivity index (χ0n) is 11.7. The topological polar surface area (TPSA) is 29.5 Å². The number of nitrogens with zero attached hydrogens (tertiary/aromatic N) is 1. The second-order valence-electron chi connectivity index (χ2n) is 5.47. The van der Waals surface area contributed by atoms with E-state index in [-0.39, 0.29) is 17.1 Å². The fourth-order valence-corrected chi connectivity index (χ4v) is 2.51. The molecule has 104 valence electrons. The fourth-order valence-electron chi connectivity index (χ4n) is 2.51. The number of piperidine rings is 1. The summed E-state index contributed by atoms with van der Waals surface area (Å²) in [7, 11) is 1.65. The van der Waals surface area contributed by atoms with Gasteiger partial charge in [-0.1, -0.05) is 6.07 Å². The van der Waals surface area contributed by atoms with E-state index in [9.17, 15) is 9.18 Å². The van der Waals surface area contributed by atoms with Crippen LogP contribution in [0.2, 0.25) is 0 Å². The molecule has 1 saturated heterocycles. The summed E-state index contributed by atoms with van der Waals surface area (Å²) in [6.07, 6.45) is 1.80. The molecule has 0 aromatic heterocycles. The lowest BCUT2D eigenvalue weighted by Gasteiger charge is -2.39. The van der Waals surface area contributed by atoms with Crippen molar-refractivity contribution in [3.8, 4) is 0 Å². The smallest absolute Gasteiger partial charge is 0.256 e. The summed E-state index contributed by atoms with van der Waals surface area (Å²) in [5.74, 6) is -0.699. The van der Waals surface area contributed by atoms with Crippen LogP contribution in [-0.4, -0.2) is 36.6 Å². The van der Waals surface area contributed by atoms with E-state index < -0.39 is 5.82 Å². The summed E-state index contributed by atoms with van der Waals surface area (Å²) >= 11 is 0. The Hall–Kier alpha value is -1.42. The van der Waals surface area contributed by atoms with Crippen molar-refractivity contribution < 1.29 is 13.9 Å². The van der Waals surface area contributed by atoms with Crippen molar-refractivity contribution in [3.05, 3.63) is 35.1 Å². The van der Waals surface area contributed by atoms with Gasteiger partial charge < -0.3 is 9.64 Å². The Balaban J connectivity index is 2.19. The predicted octanol–water partition coefficient (Wildman–Crippen LogP) is 2.78. The molecule has 0 saturated carbocycles. The van der Waals surface area contributed by atoms with Crippen molar-refractivity contribution in [1.82, 2.24) is 4.90 Å². The molecule has 2 rings (SSSR count). The van der Waals surface area contributed by atoms with E-state index in [2.05, 4.69) is 0 Å². The maximum Gasteiger partial charge on any atom is 0.256 e. The number of aryl methyl sites for hydroxylation is 1. The van der Waals surface area contributed by atoms with Gasteiger partial charge >= 0.3 is 0 Å². The van der Waals surface area contributed by atoms with Crippen LogP contribution in [-0.2, 0) is 4.74 Å². The van der Waals surface area contributed by atoms with Gasteiger partial charge in [0.2, 0.25) is 0 Å². The van der Waals surface area contributed by atoms with Crippen LogP contribution in [0.4, 0.5) is 4.39 Å². The summed E-state index contributed by atoms with van der Waals surface area (Å²) < 4.78 is 19.3. The fraction of sp³-hybridized carbons (Fsp3) is 0.533. The minimum absolute atomic E-state index is 0.144. The molecule has 1 heterocycles. The van der Waals surface area contributed by atoms with Crippen LogP contribution in [0.5, 0.6) is 0 Å². The molecule has 3 nitrogen and oxygen atoms in total. The van der Waals surface area contributed by atoms with Crippen LogP contribution in [0.1, 0.15) is 35.7 Å². The van der Waals surface area contributed by atoms with Gasteiger partial charge in [0, 0.05) is 20.2 Å². The summed E-state index contributed by atoms with van der Waals surface area (Å²) in [5.41, 5.74) is 0.634. The number of halogens is 1. The molecule has 0 aliphatic carbocycles. The molecule has 1 amide bonds.